The van der Waals surface area contributed by atoms with Crippen molar-refractivity contribution in [2.45, 2.75) is 33.9 Å². The third-order valence-electron chi connectivity index (χ3n) is 1.21. The summed E-state index contributed by atoms with van der Waals surface area (Å²) in [6, 6.07) is 0. The van der Waals surface area contributed by atoms with Crippen molar-refractivity contribution < 1.29 is 9.22 Å². The Morgan fingerprint density at radius 1 is 1.36 bits per heavy atom. The van der Waals surface area contributed by atoms with Crippen molar-refractivity contribution in [1.29, 1.82) is 0 Å². The van der Waals surface area contributed by atoms with E-state index in [2.05, 4.69) is 6.58 Å². The van der Waals surface area contributed by atoms with Crippen molar-refractivity contribution >= 4 is 8.56 Å². The predicted octanol–water partition coefficient (Wildman–Crippen LogP) is 2.26. The van der Waals surface area contributed by atoms with Crippen LogP contribution < -0.4 is 0 Å². The van der Waals surface area contributed by atoms with E-state index in [0.29, 0.717) is 5.76 Å². The molecule has 0 saturated carbocycles. The molecular formula is C8H18O2Si. The molecule has 0 aliphatic carbocycles. The minimum atomic E-state index is -2.43. The first-order valence-electron chi connectivity index (χ1n) is 3.74. The van der Waals surface area contributed by atoms with Gasteiger partial charge in [0.2, 0.25) is 0 Å². The van der Waals surface area contributed by atoms with Gasteiger partial charge in [-0.2, -0.15) is 0 Å². The lowest BCUT2D eigenvalue weighted by atomic mass is 9.95. The third-order valence-corrected chi connectivity index (χ3v) is 1.96. The van der Waals surface area contributed by atoms with Gasteiger partial charge in [-0.05, 0) is 13.1 Å². The average Bonchev–Trinajstić information content (AvgIpc) is 1.56. The van der Waals surface area contributed by atoms with Crippen LogP contribution in [0.15, 0.2) is 12.3 Å². The summed E-state index contributed by atoms with van der Waals surface area (Å²) in [6.07, 6.45) is 0. The molecule has 0 rings (SSSR count). The minimum Gasteiger partial charge on any atom is -0.524 e. The molecule has 0 bridgehead atoms. The van der Waals surface area contributed by atoms with Gasteiger partial charge in [0.1, 0.15) is 0 Å². The topological polar surface area (TPSA) is 29.5 Å². The van der Waals surface area contributed by atoms with Gasteiger partial charge in [-0.25, -0.2) is 0 Å². The fourth-order valence-electron chi connectivity index (χ4n) is 0.455. The fourth-order valence-corrected chi connectivity index (χ4v) is 1.36. The van der Waals surface area contributed by atoms with E-state index >= 15 is 0 Å². The molecule has 0 unspecified atom stereocenters. The van der Waals surface area contributed by atoms with Crippen LogP contribution in [-0.2, 0) is 4.43 Å². The molecule has 0 aromatic heterocycles. The van der Waals surface area contributed by atoms with E-state index in [9.17, 15) is 4.80 Å². The minimum absolute atomic E-state index is 0.0764. The molecule has 11 heavy (non-hydrogen) atoms. The molecule has 0 fully saturated rings. The molecule has 0 aromatic rings. The maximum atomic E-state index is 9.41. The maximum Gasteiger partial charge on any atom is 0.389 e. The number of rotatable bonds is 2. The van der Waals surface area contributed by atoms with Gasteiger partial charge in [-0.1, -0.05) is 27.4 Å². The van der Waals surface area contributed by atoms with Gasteiger partial charge in [-0.15, -0.1) is 0 Å². The Balaban J connectivity index is 4.11. The van der Waals surface area contributed by atoms with Crippen molar-refractivity contribution in [2.75, 3.05) is 0 Å². The van der Waals surface area contributed by atoms with Gasteiger partial charge >= 0.3 is 8.56 Å². The number of hydrogen-bond acceptors (Lipinski definition) is 2. The second kappa shape index (κ2) is 2.99. The second-order valence-electron chi connectivity index (χ2n) is 4.22. The fraction of sp³-hybridized carbons (Fsp3) is 0.750. The first-order valence-corrected chi connectivity index (χ1v) is 6.59. The van der Waals surface area contributed by atoms with Crippen LogP contribution in [-0.4, -0.2) is 13.4 Å². The molecule has 0 spiro atoms. The first-order chi connectivity index (χ1) is 4.63. The quantitative estimate of drug-likeness (QED) is 0.514. The van der Waals surface area contributed by atoms with E-state index in [-0.39, 0.29) is 5.41 Å². The molecule has 3 heteroatoms. The van der Waals surface area contributed by atoms with Crippen molar-refractivity contribution in [1.82, 2.24) is 0 Å². The Labute approximate surface area is 70.1 Å². The van der Waals surface area contributed by atoms with Crippen molar-refractivity contribution in [3.63, 3.8) is 0 Å². The molecule has 0 amide bonds. The van der Waals surface area contributed by atoms with Crippen LogP contribution in [0.2, 0.25) is 13.1 Å². The van der Waals surface area contributed by atoms with Crippen LogP contribution in [0.25, 0.3) is 0 Å². The Hall–Kier alpha value is -0.283. The molecule has 1 N–H and O–H groups in total. The lowest BCUT2D eigenvalue weighted by molar-refractivity contribution is 0.242. The molecule has 0 aromatic carbocycles. The Kier molecular flexibility index (Phi) is 2.91. The summed E-state index contributed by atoms with van der Waals surface area (Å²) in [7, 11) is -2.43. The summed E-state index contributed by atoms with van der Waals surface area (Å²) in [5, 5.41) is 0. The van der Waals surface area contributed by atoms with Gasteiger partial charge in [0.25, 0.3) is 0 Å². The van der Waals surface area contributed by atoms with Gasteiger partial charge in [0.15, 0.2) is 0 Å². The van der Waals surface area contributed by atoms with E-state index in [1.165, 1.54) is 0 Å². The van der Waals surface area contributed by atoms with E-state index < -0.39 is 8.56 Å². The van der Waals surface area contributed by atoms with Gasteiger partial charge in [-0.3, -0.25) is 0 Å². The number of hydrogen-bond donors (Lipinski definition) is 1. The van der Waals surface area contributed by atoms with Crippen molar-refractivity contribution in [3.8, 4) is 0 Å². The van der Waals surface area contributed by atoms with E-state index in [1.807, 2.05) is 20.8 Å². The maximum absolute atomic E-state index is 9.41. The van der Waals surface area contributed by atoms with Crippen LogP contribution in [0.1, 0.15) is 20.8 Å². The molecular weight excluding hydrogens is 156 g/mol. The van der Waals surface area contributed by atoms with Crippen LogP contribution >= 0.6 is 0 Å². The average molecular weight is 174 g/mol. The third kappa shape index (κ3) is 5.04. The highest BCUT2D eigenvalue weighted by atomic mass is 28.4. The largest absolute Gasteiger partial charge is 0.524 e. The van der Waals surface area contributed by atoms with Gasteiger partial charge in [0.05, 0.1) is 5.76 Å². The Morgan fingerprint density at radius 2 is 1.73 bits per heavy atom. The molecule has 0 aliphatic rings. The highest BCUT2D eigenvalue weighted by molar-refractivity contribution is 6.63. The second-order valence-corrected chi connectivity index (χ2v) is 7.32. The molecule has 0 saturated heterocycles. The number of allylic oxidation sites excluding steroid dienone is 1. The monoisotopic (exact) mass is 174 g/mol. The summed E-state index contributed by atoms with van der Waals surface area (Å²) in [6.45, 7) is 13.2. The SMILES string of the molecule is C=C(O[Si](C)(C)O)C(C)(C)C. The first kappa shape index (κ1) is 10.7. The van der Waals surface area contributed by atoms with Gasteiger partial charge in [0, 0.05) is 5.41 Å². The Morgan fingerprint density at radius 3 is 1.82 bits per heavy atom. The zero-order valence-corrected chi connectivity index (χ0v) is 9.06. The molecule has 66 valence electrons. The molecule has 2 nitrogen and oxygen atoms in total. The highest BCUT2D eigenvalue weighted by Gasteiger charge is 2.26. The van der Waals surface area contributed by atoms with E-state index in [1.54, 1.807) is 13.1 Å². The van der Waals surface area contributed by atoms with Crippen LogP contribution in [0.5, 0.6) is 0 Å². The standard InChI is InChI=1S/C8H18O2Si/c1-7(8(2,3)4)10-11(5,6)9/h9H,1H2,2-6H3. The summed E-state index contributed by atoms with van der Waals surface area (Å²) < 4.78 is 5.30. The molecule has 0 atom stereocenters. The zero-order valence-electron chi connectivity index (χ0n) is 8.06. The predicted molar refractivity (Wildman–Crippen MR) is 49.4 cm³/mol. The Bertz CT molecular complexity index is 150. The summed E-state index contributed by atoms with van der Waals surface area (Å²) in [5.41, 5.74) is -0.0764. The van der Waals surface area contributed by atoms with Crippen molar-refractivity contribution in [3.05, 3.63) is 12.3 Å². The van der Waals surface area contributed by atoms with Crippen LogP contribution in [0.4, 0.5) is 0 Å². The molecule has 0 heterocycles. The molecule has 0 radical (unpaired) electrons. The normalized spacial score (nSPS) is 12.9. The zero-order chi connectivity index (χ0) is 9.28. The summed E-state index contributed by atoms with van der Waals surface area (Å²) >= 11 is 0. The molecule has 0 aliphatic heterocycles. The van der Waals surface area contributed by atoms with E-state index in [4.69, 9.17) is 4.43 Å². The van der Waals surface area contributed by atoms with Crippen molar-refractivity contribution in [2.24, 2.45) is 5.41 Å². The summed E-state index contributed by atoms with van der Waals surface area (Å²) in [4.78, 5) is 9.41. The smallest absolute Gasteiger partial charge is 0.389 e. The lowest BCUT2D eigenvalue weighted by Crippen LogP contribution is -2.32. The lowest BCUT2D eigenvalue weighted by Gasteiger charge is -2.27. The van der Waals surface area contributed by atoms with Crippen LogP contribution in [0, 0.1) is 5.41 Å². The highest BCUT2D eigenvalue weighted by Crippen LogP contribution is 2.26. The summed E-state index contributed by atoms with van der Waals surface area (Å²) in [5.74, 6) is 0.664. The van der Waals surface area contributed by atoms with E-state index in [0.717, 1.165) is 0 Å². The van der Waals surface area contributed by atoms with Gasteiger partial charge < -0.3 is 9.22 Å². The van der Waals surface area contributed by atoms with Crippen LogP contribution in [0.3, 0.4) is 0 Å².